The van der Waals surface area contributed by atoms with E-state index in [0.717, 1.165) is 23.2 Å². The summed E-state index contributed by atoms with van der Waals surface area (Å²) < 4.78 is 4.95. The first-order chi connectivity index (χ1) is 13.0. The van der Waals surface area contributed by atoms with Gasteiger partial charge in [-0.25, -0.2) is 0 Å². The molecule has 6 nitrogen and oxygen atoms in total. The number of methoxy groups -OCH3 is 1. The third-order valence-corrected chi connectivity index (χ3v) is 3.92. The average molecular weight is 369 g/mol. The Kier molecular flexibility index (Phi) is 7.82. The first kappa shape index (κ1) is 20.5. The molecular formula is C21H27N3O3. The van der Waals surface area contributed by atoms with Gasteiger partial charge in [0.05, 0.1) is 6.54 Å². The van der Waals surface area contributed by atoms with Crippen molar-refractivity contribution in [2.24, 2.45) is 0 Å². The van der Waals surface area contributed by atoms with Crippen molar-refractivity contribution < 1.29 is 14.3 Å². The number of benzene rings is 2. The van der Waals surface area contributed by atoms with Crippen molar-refractivity contribution in [3.8, 4) is 0 Å². The number of rotatable bonds is 9. The first-order valence-electron chi connectivity index (χ1n) is 8.97. The van der Waals surface area contributed by atoms with Gasteiger partial charge in [-0.15, -0.1) is 0 Å². The fourth-order valence-corrected chi connectivity index (χ4v) is 2.69. The van der Waals surface area contributed by atoms with E-state index in [9.17, 15) is 9.59 Å². The maximum absolute atomic E-state index is 12.1. The van der Waals surface area contributed by atoms with Crippen molar-refractivity contribution in [3.63, 3.8) is 0 Å². The molecule has 0 aliphatic rings. The van der Waals surface area contributed by atoms with Crippen molar-refractivity contribution in [1.82, 2.24) is 5.32 Å². The molecule has 0 radical (unpaired) electrons. The monoisotopic (exact) mass is 369 g/mol. The summed E-state index contributed by atoms with van der Waals surface area (Å²) in [7, 11) is 1.63. The number of nitrogens with one attached hydrogen (secondary N) is 3. The molecule has 0 heterocycles. The second kappa shape index (κ2) is 10.3. The number of hydrogen-bond donors (Lipinski definition) is 3. The molecule has 144 valence electrons. The summed E-state index contributed by atoms with van der Waals surface area (Å²) in [5, 5.41) is 8.77. The summed E-state index contributed by atoms with van der Waals surface area (Å²) in [6, 6.07) is 12.9. The zero-order valence-electron chi connectivity index (χ0n) is 16.1. The van der Waals surface area contributed by atoms with Crippen LogP contribution in [0.1, 0.15) is 27.9 Å². The molecule has 3 N–H and O–H groups in total. The number of ether oxygens (including phenoxy) is 1. The third kappa shape index (κ3) is 7.11. The van der Waals surface area contributed by atoms with E-state index in [4.69, 9.17) is 4.74 Å². The third-order valence-electron chi connectivity index (χ3n) is 3.92. The van der Waals surface area contributed by atoms with E-state index in [1.165, 1.54) is 0 Å². The molecule has 2 aromatic rings. The van der Waals surface area contributed by atoms with E-state index in [1.54, 1.807) is 31.4 Å². The largest absolute Gasteiger partial charge is 0.385 e. The van der Waals surface area contributed by atoms with Gasteiger partial charge in [-0.1, -0.05) is 6.07 Å². The molecule has 27 heavy (non-hydrogen) atoms. The van der Waals surface area contributed by atoms with Crippen LogP contribution in [0.25, 0.3) is 0 Å². The van der Waals surface area contributed by atoms with Gasteiger partial charge in [-0.3, -0.25) is 9.59 Å². The number of amides is 2. The van der Waals surface area contributed by atoms with E-state index in [1.807, 2.05) is 26.0 Å². The van der Waals surface area contributed by atoms with E-state index in [2.05, 4.69) is 22.0 Å². The van der Waals surface area contributed by atoms with Gasteiger partial charge in [-0.05, 0) is 67.8 Å². The predicted molar refractivity (Wildman–Crippen MR) is 108 cm³/mol. The molecule has 0 atom stereocenters. The van der Waals surface area contributed by atoms with Crippen LogP contribution >= 0.6 is 0 Å². The lowest BCUT2D eigenvalue weighted by Gasteiger charge is -2.10. The average Bonchev–Trinajstić information content (AvgIpc) is 2.63. The Labute approximate surface area is 160 Å². The van der Waals surface area contributed by atoms with E-state index in [-0.39, 0.29) is 18.4 Å². The topological polar surface area (TPSA) is 79.5 Å². The Bertz CT molecular complexity index is 752. The summed E-state index contributed by atoms with van der Waals surface area (Å²) >= 11 is 0. The molecule has 0 saturated heterocycles. The van der Waals surface area contributed by atoms with Gasteiger partial charge in [0, 0.05) is 37.2 Å². The Balaban J connectivity index is 1.81. The standard InChI is InChI=1S/C21H27N3O3/c1-15-11-16(2)13-19(12-15)23-14-20(25)24-18-7-5-17(6-8-18)21(26)22-9-4-10-27-3/h5-8,11-13,23H,4,9-10,14H2,1-3H3,(H,22,26)(H,24,25). The van der Waals surface area contributed by atoms with Gasteiger partial charge in [-0.2, -0.15) is 0 Å². The molecule has 0 fully saturated rings. The van der Waals surface area contributed by atoms with Crippen LogP contribution in [0.5, 0.6) is 0 Å². The summed E-state index contributed by atoms with van der Waals surface area (Å²) in [6.45, 7) is 5.39. The molecular weight excluding hydrogens is 342 g/mol. The zero-order valence-corrected chi connectivity index (χ0v) is 16.1. The smallest absolute Gasteiger partial charge is 0.251 e. The summed E-state index contributed by atoms with van der Waals surface area (Å²) in [4.78, 5) is 24.1. The highest BCUT2D eigenvalue weighted by molar-refractivity contribution is 5.96. The second-order valence-corrected chi connectivity index (χ2v) is 6.46. The minimum atomic E-state index is -0.147. The van der Waals surface area contributed by atoms with Gasteiger partial charge in [0.1, 0.15) is 0 Å². The van der Waals surface area contributed by atoms with Crippen LogP contribution in [0.15, 0.2) is 42.5 Å². The lowest BCUT2D eigenvalue weighted by Crippen LogP contribution is -2.25. The van der Waals surface area contributed by atoms with Crippen molar-refractivity contribution in [2.75, 3.05) is 37.4 Å². The minimum absolute atomic E-state index is 0.138. The van der Waals surface area contributed by atoms with E-state index < -0.39 is 0 Å². The normalized spacial score (nSPS) is 10.3. The molecule has 2 rings (SSSR count). The zero-order chi connectivity index (χ0) is 19.6. The van der Waals surface area contributed by atoms with Crippen LogP contribution < -0.4 is 16.0 Å². The Morgan fingerprint density at radius 3 is 2.26 bits per heavy atom. The quantitative estimate of drug-likeness (QED) is 0.594. The van der Waals surface area contributed by atoms with Crippen LogP contribution in [0, 0.1) is 13.8 Å². The minimum Gasteiger partial charge on any atom is -0.385 e. The molecule has 0 saturated carbocycles. The van der Waals surface area contributed by atoms with E-state index in [0.29, 0.717) is 24.4 Å². The highest BCUT2D eigenvalue weighted by Gasteiger charge is 2.07. The molecule has 2 amide bonds. The highest BCUT2D eigenvalue weighted by atomic mass is 16.5. The van der Waals surface area contributed by atoms with Crippen LogP contribution in [-0.2, 0) is 9.53 Å². The molecule has 0 aliphatic heterocycles. The molecule has 0 aromatic heterocycles. The molecule has 0 unspecified atom stereocenters. The fourth-order valence-electron chi connectivity index (χ4n) is 2.69. The van der Waals surface area contributed by atoms with Gasteiger partial charge in [0.2, 0.25) is 5.91 Å². The van der Waals surface area contributed by atoms with Gasteiger partial charge >= 0.3 is 0 Å². The Morgan fingerprint density at radius 1 is 0.963 bits per heavy atom. The number of anilines is 2. The molecule has 0 spiro atoms. The molecule has 2 aromatic carbocycles. The fraction of sp³-hybridized carbons (Fsp3) is 0.333. The molecule has 0 aliphatic carbocycles. The van der Waals surface area contributed by atoms with E-state index >= 15 is 0 Å². The highest BCUT2D eigenvalue weighted by Crippen LogP contribution is 2.14. The lowest BCUT2D eigenvalue weighted by atomic mass is 10.1. The second-order valence-electron chi connectivity index (χ2n) is 6.46. The maximum atomic E-state index is 12.1. The Morgan fingerprint density at radius 2 is 1.63 bits per heavy atom. The predicted octanol–water partition coefficient (Wildman–Crippen LogP) is 3.12. The first-order valence-corrected chi connectivity index (χ1v) is 8.97. The van der Waals surface area contributed by atoms with Crippen molar-refractivity contribution in [1.29, 1.82) is 0 Å². The lowest BCUT2D eigenvalue weighted by molar-refractivity contribution is -0.114. The van der Waals surface area contributed by atoms with Crippen LogP contribution in [0.3, 0.4) is 0 Å². The molecule has 0 bridgehead atoms. The van der Waals surface area contributed by atoms with Crippen molar-refractivity contribution in [2.45, 2.75) is 20.3 Å². The summed E-state index contributed by atoms with van der Waals surface area (Å²) in [5.41, 5.74) is 4.42. The Hall–Kier alpha value is -2.86. The van der Waals surface area contributed by atoms with Gasteiger partial charge in [0.25, 0.3) is 5.91 Å². The van der Waals surface area contributed by atoms with Crippen LogP contribution in [0.2, 0.25) is 0 Å². The number of hydrogen-bond acceptors (Lipinski definition) is 4. The summed E-state index contributed by atoms with van der Waals surface area (Å²) in [6.07, 6.45) is 0.768. The number of carbonyl (C=O) groups is 2. The number of aryl methyl sites for hydroxylation is 2. The van der Waals surface area contributed by atoms with Gasteiger partial charge in [0.15, 0.2) is 0 Å². The molecule has 6 heteroatoms. The summed E-state index contributed by atoms with van der Waals surface area (Å²) in [5.74, 6) is -0.286. The maximum Gasteiger partial charge on any atom is 0.251 e. The van der Waals surface area contributed by atoms with Crippen molar-refractivity contribution in [3.05, 3.63) is 59.2 Å². The van der Waals surface area contributed by atoms with Crippen molar-refractivity contribution >= 4 is 23.2 Å². The van der Waals surface area contributed by atoms with Crippen LogP contribution in [0.4, 0.5) is 11.4 Å². The number of carbonyl (C=O) groups excluding carboxylic acids is 2. The van der Waals surface area contributed by atoms with Crippen LogP contribution in [-0.4, -0.2) is 38.6 Å². The SMILES string of the molecule is COCCCNC(=O)c1ccc(NC(=O)CNc2cc(C)cc(C)c2)cc1. The van der Waals surface area contributed by atoms with Gasteiger partial charge < -0.3 is 20.7 Å².